The monoisotopic (exact) mass is 423 g/mol. The number of amides is 1. The lowest BCUT2D eigenvalue weighted by Crippen LogP contribution is -2.50. The van der Waals surface area contributed by atoms with E-state index >= 15 is 0 Å². The fourth-order valence-electron chi connectivity index (χ4n) is 4.14. The molecule has 2 heterocycles. The number of imidazole rings is 1. The van der Waals surface area contributed by atoms with E-state index < -0.39 is 29.7 Å². The molecule has 1 aliphatic heterocycles. The summed E-state index contributed by atoms with van der Waals surface area (Å²) in [6.07, 6.45) is 0.745. The molecule has 3 aromatic rings. The summed E-state index contributed by atoms with van der Waals surface area (Å²) >= 11 is 0. The second-order valence-corrected chi connectivity index (χ2v) is 8.14. The fourth-order valence-corrected chi connectivity index (χ4v) is 4.14. The molecule has 1 aromatic heterocycles. The Bertz CT molecular complexity index is 1120. The Balaban J connectivity index is 1.98. The molecule has 0 aliphatic carbocycles. The van der Waals surface area contributed by atoms with E-state index in [0.717, 1.165) is 11.9 Å². The maximum absolute atomic E-state index is 15.0. The van der Waals surface area contributed by atoms with Crippen LogP contribution in [0.4, 0.5) is 10.3 Å². The molecule has 0 N–H and O–H groups in total. The lowest BCUT2D eigenvalue weighted by molar-refractivity contribution is -0.153. The summed E-state index contributed by atoms with van der Waals surface area (Å²) < 4.78 is 22.1. The number of hydrogen-bond acceptors (Lipinski definition) is 4. The van der Waals surface area contributed by atoms with E-state index in [2.05, 4.69) is 13.8 Å². The predicted octanol–water partition coefficient (Wildman–Crippen LogP) is 4.34. The zero-order chi connectivity index (χ0) is 22.1. The molecule has 1 aliphatic rings. The average molecular weight is 423 g/mol. The maximum Gasteiger partial charge on any atom is 0.321 e. The number of halogens is 1. The predicted molar refractivity (Wildman–Crippen MR) is 116 cm³/mol. The topological polar surface area (TPSA) is 64.4 Å². The van der Waals surface area contributed by atoms with Gasteiger partial charge in [-0.05, 0) is 37.5 Å². The van der Waals surface area contributed by atoms with E-state index in [1.54, 1.807) is 30.0 Å². The zero-order valence-electron chi connectivity index (χ0n) is 17.9. The van der Waals surface area contributed by atoms with E-state index in [1.807, 2.05) is 28.8 Å². The molecule has 7 heteroatoms. The lowest BCUT2D eigenvalue weighted by atomic mass is 9.89. The van der Waals surface area contributed by atoms with Crippen LogP contribution < -0.4 is 4.90 Å². The number of benzene rings is 2. The van der Waals surface area contributed by atoms with E-state index in [4.69, 9.17) is 9.72 Å². The molecule has 0 saturated carbocycles. The highest BCUT2D eigenvalue weighted by atomic mass is 19.1. The average Bonchev–Trinajstić information content (AvgIpc) is 3.12. The number of aromatic nitrogens is 2. The molecule has 162 valence electrons. The minimum absolute atomic E-state index is 0.135. The Labute approximate surface area is 180 Å². The van der Waals surface area contributed by atoms with E-state index in [1.165, 1.54) is 6.07 Å². The van der Waals surface area contributed by atoms with Crippen LogP contribution in [0.5, 0.6) is 0 Å². The number of carbonyl (C=O) groups is 2. The van der Waals surface area contributed by atoms with Crippen LogP contribution in [0.25, 0.3) is 11.0 Å². The number of anilines is 1. The third-order valence-electron chi connectivity index (χ3n) is 5.64. The summed E-state index contributed by atoms with van der Waals surface area (Å²) in [4.78, 5) is 32.9. The third-order valence-corrected chi connectivity index (χ3v) is 5.64. The first-order valence-electron chi connectivity index (χ1n) is 10.6. The number of nitrogens with zero attached hydrogens (tertiary/aromatic N) is 3. The first-order valence-corrected chi connectivity index (χ1v) is 10.6. The number of carbonyl (C=O) groups excluding carboxylic acids is 2. The Hall–Kier alpha value is -3.22. The third kappa shape index (κ3) is 3.69. The molecule has 0 spiro atoms. The van der Waals surface area contributed by atoms with Crippen molar-refractivity contribution in [2.24, 2.45) is 11.8 Å². The minimum atomic E-state index is -1.20. The molecule has 0 saturated heterocycles. The van der Waals surface area contributed by atoms with Crippen molar-refractivity contribution in [1.82, 2.24) is 9.55 Å². The Kier molecular flexibility index (Phi) is 5.76. The summed E-state index contributed by atoms with van der Waals surface area (Å²) in [5.41, 5.74) is 1.69. The minimum Gasteiger partial charge on any atom is -0.465 e. The Morgan fingerprint density at radius 2 is 1.87 bits per heavy atom. The van der Waals surface area contributed by atoms with Crippen LogP contribution in [0.3, 0.4) is 0 Å². The standard InChI is InChI=1S/C24H26FN3O3/c1-4-31-23(30)20-21(16-9-5-6-10-17(16)25)28-19-12-8-7-11-18(19)26-24(28)27(22(20)29)14-13-15(2)3/h5-12,15,20-21H,4,13-14H2,1-3H3/t20-,21-/m0/s1. The first kappa shape index (κ1) is 21.0. The molecule has 0 bridgehead atoms. The van der Waals surface area contributed by atoms with Crippen LogP contribution in [0, 0.1) is 17.7 Å². The van der Waals surface area contributed by atoms with Crippen LogP contribution in [0.1, 0.15) is 38.8 Å². The van der Waals surface area contributed by atoms with Gasteiger partial charge in [0.2, 0.25) is 11.9 Å². The molecule has 2 aromatic carbocycles. The highest BCUT2D eigenvalue weighted by Crippen LogP contribution is 2.42. The van der Waals surface area contributed by atoms with Gasteiger partial charge in [0.25, 0.3) is 0 Å². The summed E-state index contributed by atoms with van der Waals surface area (Å²) in [6.45, 7) is 6.39. The number of rotatable bonds is 6. The summed E-state index contributed by atoms with van der Waals surface area (Å²) in [6, 6.07) is 12.8. The van der Waals surface area contributed by atoms with Crippen molar-refractivity contribution in [2.45, 2.75) is 33.2 Å². The van der Waals surface area contributed by atoms with Gasteiger partial charge in [-0.2, -0.15) is 0 Å². The normalized spacial score (nSPS) is 18.5. The summed E-state index contributed by atoms with van der Waals surface area (Å²) in [7, 11) is 0. The molecule has 31 heavy (non-hydrogen) atoms. The maximum atomic E-state index is 15.0. The van der Waals surface area contributed by atoms with Crippen LogP contribution >= 0.6 is 0 Å². The molecular weight excluding hydrogens is 397 g/mol. The van der Waals surface area contributed by atoms with Crippen molar-refractivity contribution in [3.8, 4) is 0 Å². The Morgan fingerprint density at radius 1 is 1.16 bits per heavy atom. The number of para-hydroxylation sites is 2. The van der Waals surface area contributed by atoms with Gasteiger partial charge in [-0.3, -0.25) is 14.5 Å². The molecule has 0 fully saturated rings. The van der Waals surface area contributed by atoms with E-state index in [9.17, 15) is 14.0 Å². The van der Waals surface area contributed by atoms with Gasteiger partial charge in [0.05, 0.1) is 23.7 Å². The summed E-state index contributed by atoms with van der Waals surface area (Å²) in [5, 5.41) is 0. The number of esters is 1. The second kappa shape index (κ2) is 8.49. The molecule has 2 atom stereocenters. The summed E-state index contributed by atoms with van der Waals surface area (Å²) in [5.74, 6) is -1.95. The highest BCUT2D eigenvalue weighted by Gasteiger charge is 2.48. The van der Waals surface area contributed by atoms with Gasteiger partial charge >= 0.3 is 5.97 Å². The smallest absolute Gasteiger partial charge is 0.321 e. The fraction of sp³-hybridized carbons (Fsp3) is 0.375. The van der Waals surface area contributed by atoms with Crippen molar-refractivity contribution >= 4 is 28.9 Å². The first-order chi connectivity index (χ1) is 14.9. The van der Waals surface area contributed by atoms with Gasteiger partial charge in [-0.1, -0.05) is 44.2 Å². The van der Waals surface area contributed by atoms with Gasteiger partial charge in [0.1, 0.15) is 5.82 Å². The Morgan fingerprint density at radius 3 is 2.58 bits per heavy atom. The van der Waals surface area contributed by atoms with Crippen LogP contribution in [0.15, 0.2) is 48.5 Å². The zero-order valence-corrected chi connectivity index (χ0v) is 17.9. The molecule has 4 rings (SSSR count). The number of ether oxygens (including phenoxy) is 1. The molecular formula is C24H26FN3O3. The quantitative estimate of drug-likeness (QED) is 0.437. The van der Waals surface area contributed by atoms with Gasteiger partial charge in [-0.25, -0.2) is 9.37 Å². The van der Waals surface area contributed by atoms with Crippen LogP contribution in [-0.4, -0.2) is 34.6 Å². The second-order valence-electron chi connectivity index (χ2n) is 8.14. The molecule has 0 radical (unpaired) electrons. The van der Waals surface area contributed by atoms with Crippen molar-refractivity contribution in [1.29, 1.82) is 0 Å². The van der Waals surface area contributed by atoms with Crippen molar-refractivity contribution in [3.63, 3.8) is 0 Å². The van der Waals surface area contributed by atoms with Crippen LogP contribution in [0.2, 0.25) is 0 Å². The van der Waals surface area contributed by atoms with Gasteiger partial charge < -0.3 is 9.30 Å². The lowest BCUT2D eigenvalue weighted by Gasteiger charge is -2.38. The highest BCUT2D eigenvalue weighted by molar-refractivity contribution is 6.08. The van der Waals surface area contributed by atoms with Gasteiger partial charge in [0.15, 0.2) is 5.92 Å². The van der Waals surface area contributed by atoms with E-state index in [0.29, 0.717) is 23.9 Å². The van der Waals surface area contributed by atoms with Crippen molar-refractivity contribution in [2.75, 3.05) is 18.1 Å². The van der Waals surface area contributed by atoms with E-state index in [-0.39, 0.29) is 12.2 Å². The van der Waals surface area contributed by atoms with Crippen LogP contribution in [-0.2, 0) is 14.3 Å². The molecule has 1 amide bonds. The van der Waals surface area contributed by atoms with Crippen molar-refractivity contribution in [3.05, 3.63) is 59.9 Å². The molecule has 0 unspecified atom stereocenters. The van der Waals surface area contributed by atoms with Gasteiger partial charge in [0, 0.05) is 12.1 Å². The SMILES string of the molecule is CCOC(=O)[C@@H]1C(=O)N(CCC(C)C)c2nc3ccccc3n2[C@H]1c1ccccc1F. The number of fused-ring (bicyclic) bond motifs is 3. The largest absolute Gasteiger partial charge is 0.465 e. The van der Waals surface area contributed by atoms with Gasteiger partial charge in [-0.15, -0.1) is 0 Å². The number of hydrogen-bond donors (Lipinski definition) is 0. The van der Waals surface area contributed by atoms with Crippen molar-refractivity contribution < 1.29 is 18.7 Å². The molecule has 6 nitrogen and oxygen atoms in total.